The maximum absolute atomic E-state index is 11.7. The number of fused-ring (bicyclic) bond motifs is 1. The van der Waals surface area contributed by atoms with Crippen LogP contribution in [-0.2, 0) is 4.79 Å². The highest BCUT2D eigenvalue weighted by Gasteiger charge is 2.34. The van der Waals surface area contributed by atoms with Gasteiger partial charge in [0.25, 0.3) is 11.7 Å². The first-order chi connectivity index (χ1) is 8.18. The second kappa shape index (κ2) is 3.74. The zero-order valence-electron chi connectivity index (χ0n) is 9.12. The van der Waals surface area contributed by atoms with E-state index in [0.29, 0.717) is 16.3 Å². The van der Waals surface area contributed by atoms with Crippen LogP contribution < -0.4 is 10.2 Å². The molecule has 0 aromatic heterocycles. The Morgan fingerprint density at radius 1 is 1.18 bits per heavy atom. The quantitative estimate of drug-likeness (QED) is 0.777. The van der Waals surface area contributed by atoms with Gasteiger partial charge in [-0.1, -0.05) is 11.6 Å². The van der Waals surface area contributed by atoms with Crippen LogP contribution in [0.1, 0.15) is 23.2 Å². The van der Waals surface area contributed by atoms with E-state index in [1.807, 2.05) is 6.07 Å². The van der Waals surface area contributed by atoms with Crippen LogP contribution in [0, 0.1) is 0 Å². The van der Waals surface area contributed by atoms with Gasteiger partial charge in [-0.05, 0) is 25.0 Å². The fraction of sp³-hybridized carbons (Fsp3) is 0.333. The Morgan fingerprint density at radius 2 is 1.88 bits per heavy atom. The summed E-state index contributed by atoms with van der Waals surface area (Å²) in [5.41, 5.74) is 1.80. The number of Topliss-reactive ketones (excluding diaryl/α,β-unsaturated/α-hetero) is 1. The molecule has 1 fully saturated rings. The highest BCUT2D eigenvalue weighted by atomic mass is 35.5. The minimum absolute atomic E-state index is 0.320. The first-order valence-electron chi connectivity index (χ1n) is 5.61. The normalized spacial score (nSPS) is 18.5. The number of rotatable bonds is 1. The Labute approximate surface area is 104 Å². The number of amides is 1. The molecule has 2 aliphatic rings. The van der Waals surface area contributed by atoms with E-state index in [-0.39, 0.29) is 0 Å². The lowest BCUT2D eigenvalue weighted by molar-refractivity contribution is -0.112. The molecule has 88 valence electrons. The summed E-state index contributed by atoms with van der Waals surface area (Å²) < 4.78 is 0. The summed E-state index contributed by atoms with van der Waals surface area (Å²) in [6.45, 7) is 1.91. The average molecular weight is 251 g/mol. The third-order valence-corrected chi connectivity index (χ3v) is 3.57. The van der Waals surface area contributed by atoms with Crippen molar-refractivity contribution in [3.8, 4) is 0 Å². The standard InChI is InChI=1S/C12H11ClN2O2/c13-7-3-4-8(15-5-1-2-6-15)10-9(7)11(16)12(17)14-10/h3-4H,1-2,5-6H2,(H,14,16,17). The van der Waals surface area contributed by atoms with Crippen molar-refractivity contribution in [1.82, 2.24) is 0 Å². The Balaban J connectivity index is 2.14. The first-order valence-corrected chi connectivity index (χ1v) is 5.99. The molecule has 0 unspecified atom stereocenters. The van der Waals surface area contributed by atoms with E-state index in [0.717, 1.165) is 31.6 Å². The van der Waals surface area contributed by atoms with E-state index in [1.165, 1.54) is 0 Å². The number of nitrogens with one attached hydrogen (secondary N) is 1. The molecule has 2 aliphatic heterocycles. The molecule has 2 heterocycles. The topological polar surface area (TPSA) is 49.4 Å². The van der Waals surface area contributed by atoms with Crippen LogP contribution in [0.15, 0.2) is 12.1 Å². The van der Waals surface area contributed by atoms with Gasteiger partial charge >= 0.3 is 0 Å². The van der Waals surface area contributed by atoms with E-state index >= 15 is 0 Å². The number of carbonyl (C=O) groups is 2. The van der Waals surface area contributed by atoms with Crippen molar-refractivity contribution in [1.29, 1.82) is 0 Å². The largest absolute Gasteiger partial charge is 0.370 e. The van der Waals surface area contributed by atoms with Crippen molar-refractivity contribution in [3.63, 3.8) is 0 Å². The minimum Gasteiger partial charge on any atom is -0.370 e. The Hall–Kier alpha value is -1.55. The van der Waals surface area contributed by atoms with Crippen LogP contribution >= 0.6 is 11.6 Å². The number of halogens is 1. The van der Waals surface area contributed by atoms with Crippen LogP contribution in [-0.4, -0.2) is 24.8 Å². The van der Waals surface area contributed by atoms with Crippen LogP contribution in [0.5, 0.6) is 0 Å². The van der Waals surface area contributed by atoms with Crippen molar-refractivity contribution in [3.05, 3.63) is 22.7 Å². The highest BCUT2D eigenvalue weighted by Crippen LogP contribution is 2.39. The van der Waals surface area contributed by atoms with Crippen LogP contribution in [0.4, 0.5) is 11.4 Å². The van der Waals surface area contributed by atoms with Crippen molar-refractivity contribution in [2.24, 2.45) is 0 Å². The molecule has 0 spiro atoms. The zero-order chi connectivity index (χ0) is 12.0. The molecule has 1 aromatic carbocycles. The molecule has 17 heavy (non-hydrogen) atoms. The lowest BCUT2D eigenvalue weighted by atomic mass is 10.1. The minimum atomic E-state index is -0.589. The molecular weight excluding hydrogens is 240 g/mol. The maximum Gasteiger partial charge on any atom is 0.296 e. The number of benzene rings is 1. The Morgan fingerprint density at radius 3 is 2.59 bits per heavy atom. The average Bonchev–Trinajstić information content (AvgIpc) is 2.90. The monoisotopic (exact) mass is 250 g/mol. The second-order valence-electron chi connectivity index (χ2n) is 4.29. The van der Waals surface area contributed by atoms with Crippen molar-refractivity contribution in [2.75, 3.05) is 23.3 Å². The third kappa shape index (κ3) is 1.52. The Bertz CT molecular complexity index is 521. The SMILES string of the molecule is O=C1Nc2c(N3CCCC3)ccc(Cl)c2C1=O. The van der Waals surface area contributed by atoms with Gasteiger partial charge in [-0.3, -0.25) is 9.59 Å². The van der Waals surface area contributed by atoms with Gasteiger partial charge in [0.2, 0.25) is 0 Å². The molecule has 0 atom stereocenters. The summed E-state index contributed by atoms with van der Waals surface area (Å²) in [6, 6.07) is 3.55. The predicted molar refractivity (Wildman–Crippen MR) is 65.9 cm³/mol. The summed E-state index contributed by atoms with van der Waals surface area (Å²) in [5, 5.41) is 2.96. The van der Waals surface area contributed by atoms with E-state index in [1.54, 1.807) is 6.07 Å². The van der Waals surface area contributed by atoms with Gasteiger partial charge in [0, 0.05) is 13.1 Å². The lowest BCUT2D eigenvalue weighted by Gasteiger charge is -2.20. The van der Waals surface area contributed by atoms with E-state index < -0.39 is 11.7 Å². The molecule has 0 aliphatic carbocycles. The van der Waals surface area contributed by atoms with Gasteiger partial charge in [-0.25, -0.2) is 0 Å². The number of ketones is 1. The van der Waals surface area contributed by atoms with Gasteiger partial charge in [0.05, 0.1) is 22.0 Å². The smallest absolute Gasteiger partial charge is 0.296 e. The first kappa shape index (κ1) is 10.6. The summed E-state index contributed by atoms with van der Waals surface area (Å²) in [4.78, 5) is 25.3. The van der Waals surface area contributed by atoms with Gasteiger partial charge < -0.3 is 10.2 Å². The van der Waals surface area contributed by atoms with Gasteiger partial charge in [0.15, 0.2) is 0 Å². The number of nitrogens with zero attached hydrogens (tertiary/aromatic N) is 1. The molecule has 0 bridgehead atoms. The molecule has 4 nitrogen and oxygen atoms in total. The van der Waals surface area contributed by atoms with Crippen molar-refractivity contribution in [2.45, 2.75) is 12.8 Å². The molecule has 0 radical (unpaired) electrons. The van der Waals surface area contributed by atoms with Crippen LogP contribution in [0.3, 0.4) is 0 Å². The molecule has 3 rings (SSSR count). The molecule has 1 N–H and O–H groups in total. The summed E-state index contributed by atoms with van der Waals surface area (Å²) >= 11 is 5.98. The Kier molecular flexibility index (Phi) is 2.33. The summed E-state index contributed by atoms with van der Waals surface area (Å²) in [7, 11) is 0. The van der Waals surface area contributed by atoms with E-state index in [9.17, 15) is 9.59 Å². The predicted octanol–water partition coefficient (Wildman–Crippen LogP) is 2.08. The van der Waals surface area contributed by atoms with Gasteiger partial charge in [-0.15, -0.1) is 0 Å². The summed E-state index contributed by atoms with van der Waals surface area (Å²) in [6.07, 6.45) is 2.28. The molecule has 0 saturated carbocycles. The highest BCUT2D eigenvalue weighted by molar-refractivity contribution is 6.55. The maximum atomic E-state index is 11.7. The number of hydrogen-bond donors (Lipinski definition) is 1. The van der Waals surface area contributed by atoms with Crippen molar-refractivity contribution >= 4 is 34.7 Å². The fourth-order valence-electron chi connectivity index (χ4n) is 2.42. The van der Waals surface area contributed by atoms with Crippen LogP contribution in [0.25, 0.3) is 0 Å². The van der Waals surface area contributed by atoms with Gasteiger partial charge in [0.1, 0.15) is 0 Å². The molecule has 1 aromatic rings. The van der Waals surface area contributed by atoms with Crippen LogP contribution in [0.2, 0.25) is 5.02 Å². The second-order valence-corrected chi connectivity index (χ2v) is 4.70. The number of anilines is 2. The van der Waals surface area contributed by atoms with Crippen molar-refractivity contribution < 1.29 is 9.59 Å². The third-order valence-electron chi connectivity index (χ3n) is 3.25. The van der Waals surface area contributed by atoms with Gasteiger partial charge in [-0.2, -0.15) is 0 Å². The molecular formula is C12H11ClN2O2. The molecule has 5 heteroatoms. The fourth-order valence-corrected chi connectivity index (χ4v) is 2.66. The van der Waals surface area contributed by atoms with E-state index in [4.69, 9.17) is 11.6 Å². The molecule has 1 amide bonds. The zero-order valence-corrected chi connectivity index (χ0v) is 9.88. The number of hydrogen-bond acceptors (Lipinski definition) is 3. The lowest BCUT2D eigenvalue weighted by Crippen LogP contribution is -2.19. The molecule has 1 saturated heterocycles. The summed E-state index contributed by atoms with van der Waals surface area (Å²) in [5.74, 6) is -1.13. The number of carbonyl (C=O) groups excluding carboxylic acids is 2. The van der Waals surface area contributed by atoms with E-state index in [2.05, 4.69) is 10.2 Å².